The molecule has 0 saturated heterocycles. The lowest BCUT2D eigenvalue weighted by atomic mass is 10.1. The summed E-state index contributed by atoms with van der Waals surface area (Å²) in [5, 5.41) is 11.5. The van der Waals surface area contributed by atoms with Crippen molar-refractivity contribution in [1.82, 2.24) is 0 Å². The zero-order valence-electron chi connectivity index (χ0n) is 13.1. The first kappa shape index (κ1) is 16.0. The lowest BCUT2D eigenvalue weighted by Gasteiger charge is -2.33. The first-order valence-electron chi connectivity index (χ1n) is 7.69. The second-order valence-electron chi connectivity index (χ2n) is 5.69. The molecule has 0 amide bonds. The third-order valence-electron chi connectivity index (χ3n) is 4.08. The van der Waals surface area contributed by atoms with Crippen molar-refractivity contribution in [1.29, 1.82) is 0 Å². The van der Waals surface area contributed by atoms with Crippen LogP contribution in [0.1, 0.15) is 5.56 Å². The molecule has 1 heterocycles. The van der Waals surface area contributed by atoms with Gasteiger partial charge in [0.15, 0.2) is 0 Å². The molecule has 0 fully saturated rings. The number of hydrogen-bond donors (Lipinski definition) is 0. The lowest BCUT2D eigenvalue weighted by Crippen LogP contribution is -2.20. The van der Waals surface area contributed by atoms with Crippen molar-refractivity contribution in [3.63, 3.8) is 0 Å². The zero-order chi connectivity index (χ0) is 17.4. The molecule has 1 aliphatic rings. The number of fused-ring (bicyclic) bond motifs is 2. The molecule has 3 aromatic carbocycles. The second-order valence-corrected chi connectivity index (χ2v) is 7.21. The molecule has 0 unspecified atom stereocenters. The van der Waals surface area contributed by atoms with Gasteiger partial charge in [0.05, 0.1) is 16.3 Å². The highest BCUT2D eigenvalue weighted by Gasteiger charge is 2.23. The molecule has 0 aromatic heterocycles. The Labute approximate surface area is 154 Å². The van der Waals surface area contributed by atoms with E-state index in [4.69, 9.17) is 11.6 Å². The highest BCUT2D eigenvalue weighted by molar-refractivity contribution is 7.99. The summed E-state index contributed by atoms with van der Waals surface area (Å²) in [6.45, 7) is 0.614. The summed E-state index contributed by atoms with van der Waals surface area (Å²) in [7, 11) is 0. The van der Waals surface area contributed by atoms with Crippen LogP contribution in [0.3, 0.4) is 0 Å². The minimum atomic E-state index is -0.383. The van der Waals surface area contributed by atoms with Crippen LogP contribution >= 0.6 is 23.4 Å². The molecule has 0 bridgehead atoms. The first-order valence-corrected chi connectivity index (χ1v) is 8.88. The maximum atomic E-state index is 10.8. The van der Waals surface area contributed by atoms with E-state index in [0.717, 1.165) is 21.8 Å². The van der Waals surface area contributed by atoms with Gasteiger partial charge in [0.2, 0.25) is 0 Å². The van der Waals surface area contributed by atoms with Crippen molar-refractivity contribution in [2.75, 3.05) is 4.90 Å². The third-order valence-corrected chi connectivity index (χ3v) is 5.44. The van der Waals surface area contributed by atoms with Crippen molar-refractivity contribution < 1.29 is 4.92 Å². The molecule has 0 spiro atoms. The van der Waals surface area contributed by atoms with Gasteiger partial charge in [-0.05, 0) is 35.9 Å². The average Bonchev–Trinajstić information content (AvgIpc) is 2.62. The van der Waals surface area contributed by atoms with Gasteiger partial charge in [-0.1, -0.05) is 47.6 Å². The highest BCUT2D eigenvalue weighted by Crippen LogP contribution is 2.49. The fourth-order valence-corrected chi connectivity index (χ4v) is 4.12. The Hall–Kier alpha value is -2.50. The van der Waals surface area contributed by atoms with Gasteiger partial charge in [-0.3, -0.25) is 10.1 Å². The van der Waals surface area contributed by atoms with E-state index in [1.165, 1.54) is 4.90 Å². The fourth-order valence-electron chi connectivity index (χ4n) is 2.88. The van der Waals surface area contributed by atoms with Crippen molar-refractivity contribution in [2.45, 2.75) is 16.3 Å². The molecule has 25 heavy (non-hydrogen) atoms. The number of para-hydroxylation sites is 1. The van der Waals surface area contributed by atoms with Crippen LogP contribution in [0.15, 0.2) is 76.5 Å². The van der Waals surface area contributed by atoms with Crippen LogP contribution < -0.4 is 4.90 Å². The van der Waals surface area contributed by atoms with E-state index in [2.05, 4.69) is 17.0 Å². The third kappa shape index (κ3) is 3.08. The minimum absolute atomic E-state index is 0.0989. The van der Waals surface area contributed by atoms with Crippen molar-refractivity contribution in [2.24, 2.45) is 0 Å². The predicted octanol–water partition coefficient (Wildman–Crippen LogP) is 6.05. The van der Waals surface area contributed by atoms with Gasteiger partial charge >= 0.3 is 0 Å². The Morgan fingerprint density at radius 2 is 1.68 bits per heavy atom. The number of nitro groups is 1. The van der Waals surface area contributed by atoms with E-state index in [0.29, 0.717) is 11.6 Å². The minimum Gasteiger partial charge on any atom is -0.335 e. The molecule has 1 aliphatic heterocycles. The topological polar surface area (TPSA) is 46.4 Å². The Balaban J connectivity index is 1.75. The van der Waals surface area contributed by atoms with Gasteiger partial charge in [-0.25, -0.2) is 0 Å². The molecule has 3 aromatic rings. The molecular weight excluding hydrogens is 356 g/mol. The van der Waals surface area contributed by atoms with Gasteiger partial charge in [0, 0.05) is 33.5 Å². The second kappa shape index (κ2) is 6.43. The van der Waals surface area contributed by atoms with E-state index < -0.39 is 0 Å². The monoisotopic (exact) mass is 368 g/mol. The molecule has 0 atom stereocenters. The molecule has 0 radical (unpaired) electrons. The van der Waals surface area contributed by atoms with Gasteiger partial charge < -0.3 is 4.90 Å². The van der Waals surface area contributed by atoms with E-state index >= 15 is 0 Å². The molecule has 124 valence electrons. The molecule has 4 nitrogen and oxygen atoms in total. The van der Waals surface area contributed by atoms with Crippen molar-refractivity contribution in [3.8, 4) is 0 Å². The standard InChI is InChI=1S/C19H13ClN2O2S/c20-14-7-10-19-17(11-14)21(16-3-1-2-4-18(16)25-19)12-13-5-8-15(9-6-13)22(23)24/h1-11H,12H2. The number of anilines is 2. The smallest absolute Gasteiger partial charge is 0.269 e. The molecule has 0 N–H and O–H groups in total. The average molecular weight is 369 g/mol. The summed E-state index contributed by atoms with van der Waals surface area (Å²) in [6.07, 6.45) is 0. The molecule has 4 rings (SSSR count). The normalized spacial score (nSPS) is 12.4. The first-order chi connectivity index (χ1) is 12.1. The van der Waals surface area contributed by atoms with Gasteiger partial charge in [-0.15, -0.1) is 0 Å². The SMILES string of the molecule is O=[N+]([O-])c1ccc(CN2c3ccccc3Sc3ccc(Cl)cc32)cc1. The number of hydrogen-bond acceptors (Lipinski definition) is 4. The Bertz CT molecular complexity index is 960. The van der Waals surface area contributed by atoms with Gasteiger partial charge in [0.1, 0.15) is 0 Å². The van der Waals surface area contributed by atoms with Gasteiger partial charge in [-0.2, -0.15) is 0 Å². The molecule has 0 saturated carbocycles. The van der Waals surface area contributed by atoms with Crippen molar-refractivity contribution in [3.05, 3.63) is 87.4 Å². The molecule has 6 heteroatoms. The summed E-state index contributed by atoms with van der Waals surface area (Å²) in [6, 6.07) is 20.8. The van der Waals surface area contributed by atoms with Crippen LogP contribution in [-0.2, 0) is 6.54 Å². The van der Waals surface area contributed by atoms with E-state index in [1.807, 2.05) is 30.3 Å². The Morgan fingerprint density at radius 1 is 0.960 bits per heavy atom. The van der Waals surface area contributed by atoms with Crippen molar-refractivity contribution >= 4 is 40.4 Å². The van der Waals surface area contributed by atoms with Crippen LogP contribution in [0.5, 0.6) is 0 Å². The van der Waals surface area contributed by atoms with Gasteiger partial charge in [0.25, 0.3) is 5.69 Å². The van der Waals surface area contributed by atoms with Crippen LogP contribution in [0.4, 0.5) is 17.1 Å². The Morgan fingerprint density at radius 3 is 2.44 bits per heavy atom. The van der Waals surface area contributed by atoms with E-state index in [-0.39, 0.29) is 10.6 Å². The number of nitrogens with zero attached hydrogens (tertiary/aromatic N) is 2. The number of halogens is 1. The fraction of sp³-hybridized carbons (Fsp3) is 0.0526. The maximum Gasteiger partial charge on any atom is 0.269 e. The molecular formula is C19H13ClN2O2S. The van der Waals surface area contributed by atoms with Crippen LogP contribution in [-0.4, -0.2) is 4.92 Å². The number of nitro benzene ring substituents is 1. The summed E-state index contributed by atoms with van der Waals surface area (Å²) >= 11 is 7.94. The number of non-ortho nitro benzene ring substituents is 1. The summed E-state index contributed by atoms with van der Waals surface area (Å²) in [4.78, 5) is 15.0. The quantitative estimate of drug-likeness (QED) is 0.417. The Kier molecular flexibility index (Phi) is 4.11. The summed E-state index contributed by atoms with van der Waals surface area (Å²) in [5.74, 6) is 0. The largest absolute Gasteiger partial charge is 0.335 e. The predicted molar refractivity (Wildman–Crippen MR) is 101 cm³/mol. The summed E-state index contributed by atoms with van der Waals surface area (Å²) in [5.41, 5.74) is 3.26. The number of rotatable bonds is 3. The molecule has 0 aliphatic carbocycles. The van der Waals surface area contributed by atoms with Crippen LogP contribution in [0, 0.1) is 10.1 Å². The number of benzene rings is 3. The lowest BCUT2D eigenvalue weighted by molar-refractivity contribution is -0.384. The highest BCUT2D eigenvalue weighted by atomic mass is 35.5. The maximum absolute atomic E-state index is 10.8. The van der Waals surface area contributed by atoms with Crippen LogP contribution in [0.2, 0.25) is 5.02 Å². The zero-order valence-corrected chi connectivity index (χ0v) is 14.6. The van der Waals surface area contributed by atoms with E-state index in [9.17, 15) is 10.1 Å². The van der Waals surface area contributed by atoms with E-state index in [1.54, 1.807) is 36.0 Å². The van der Waals surface area contributed by atoms with Crippen LogP contribution in [0.25, 0.3) is 0 Å². The summed E-state index contributed by atoms with van der Waals surface area (Å²) < 4.78 is 0.